The van der Waals surface area contributed by atoms with Crippen LogP contribution in [0.25, 0.3) is 6.08 Å². The predicted octanol–water partition coefficient (Wildman–Crippen LogP) is 2.69. The lowest BCUT2D eigenvalue weighted by Gasteiger charge is -2.32. The number of nitrogens with two attached hydrogens (primary N) is 1. The van der Waals surface area contributed by atoms with Crippen molar-refractivity contribution in [2.75, 3.05) is 5.32 Å². The van der Waals surface area contributed by atoms with E-state index in [9.17, 15) is 14.4 Å². The lowest BCUT2D eigenvalue weighted by atomic mass is 9.93. The summed E-state index contributed by atoms with van der Waals surface area (Å²) in [4.78, 5) is 37.1. The van der Waals surface area contributed by atoms with Gasteiger partial charge in [-0.05, 0) is 41.5 Å². The summed E-state index contributed by atoms with van der Waals surface area (Å²) < 4.78 is 0. The number of fused-ring (bicyclic) bond motifs is 1. The molecule has 132 valence electrons. The third-order valence-electron chi connectivity index (χ3n) is 4.30. The molecule has 0 spiro atoms. The predicted molar refractivity (Wildman–Crippen MR) is 98.9 cm³/mol. The van der Waals surface area contributed by atoms with Crippen LogP contribution in [0.1, 0.15) is 40.9 Å². The number of amides is 3. The van der Waals surface area contributed by atoms with Crippen molar-refractivity contribution in [3.05, 3.63) is 71.4 Å². The summed E-state index contributed by atoms with van der Waals surface area (Å²) in [6.45, 7) is 1.48. The number of nitrogens with zero attached hydrogens (tertiary/aromatic N) is 1. The van der Waals surface area contributed by atoms with E-state index in [2.05, 4.69) is 5.32 Å². The van der Waals surface area contributed by atoms with Crippen LogP contribution in [0, 0.1) is 0 Å². The average Bonchev–Trinajstić information content (AvgIpc) is 2.62. The van der Waals surface area contributed by atoms with Crippen molar-refractivity contribution in [1.29, 1.82) is 0 Å². The van der Waals surface area contributed by atoms with Crippen LogP contribution >= 0.6 is 0 Å². The van der Waals surface area contributed by atoms with Gasteiger partial charge in [-0.25, -0.2) is 0 Å². The molecular weight excluding hydrogens is 330 g/mol. The van der Waals surface area contributed by atoms with E-state index in [-0.39, 0.29) is 24.3 Å². The van der Waals surface area contributed by atoms with Gasteiger partial charge in [-0.2, -0.15) is 0 Å². The Morgan fingerprint density at radius 1 is 1.08 bits per heavy atom. The minimum atomic E-state index is -0.523. The molecule has 6 heteroatoms. The highest BCUT2D eigenvalue weighted by Crippen LogP contribution is 2.33. The molecule has 6 nitrogen and oxygen atoms in total. The summed E-state index contributed by atoms with van der Waals surface area (Å²) in [7, 11) is 0. The van der Waals surface area contributed by atoms with Crippen LogP contribution in [0.3, 0.4) is 0 Å². The second-order valence-corrected chi connectivity index (χ2v) is 6.08. The van der Waals surface area contributed by atoms with Crippen molar-refractivity contribution >= 4 is 29.5 Å². The first-order valence-electron chi connectivity index (χ1n) is 8.21. The zero-order valence-corrected chi connectivity index (χ0v) is 14.3. The van der Waals surface area contributed by atoms with E-state index in [0.717, 1.165) is 11.1 Å². The fraction of sp³-hybridized carbons (Fsp3) is 0.150. The van der Waals surface area contributed by atoms with Crippen molar-refractivity contribution in [2.24, 2.45) is 5.73 Å². The average molecular weight is 349 g/mol. The van der Waals surface area contributed by atoms with Crippen molar-refractivity contribution < 1.29 is 14.4 Å². The molecule has 0 radical (unpaired) electrons. The second kappa shape index (κ2) is 7.23. The Bertz CT molecular complexity index is 887. The van der Waals surface area contributed by atoms with Gasteiger partial charge < -0.3 is 16.0 Å². The van der Waals surface area contributed by atoms with Crippen LogP contribution in [-0.2, 0) is 9.59 Å². The standard InChI is InChI=1S/C20H19N3O3/c1-13(24)23-11-10-14-4-2-3-5-17(14)18(23)12-19(25)22-16-8-6-15(7-9-16)20(21)26/h2-11,18H,12H2,1H3,(H2,21,26)(H,22,25). The number of carbonyl (C=O) groups is 3. The molecule has 3 rings (SSSR count). The molecule has 3 N–H and O–H groups in total. The van der Waals surface area contributed by atoms with Gasteiger partial charge in [-0.1, -0.05) is 24.3 Å². The first-order chi connectivity index (χ1) is 12.5. The van der Waals surface area contributed by atoms with Crippen LogP contribution in [0.5, 0.6) is 0 Å². The Kier molecular flexibility index (Phi) is 4.84. The Morgan fingerprint density at radius 2 is 1.77 bits per heavy atom. The number of nitrogens with one attached hydrogen (secondary N) is 1. The van der Waals surface area contributed by atoms with Crippen LogP contribution in [0.4, 0.5) is 5.69 Å². The number of rotatable bonds is 4. The van der Waals surface area contributed by atoms with E-state index in [1.54, 1.807) is 35.4 Å². The number of hydrogen-bond donors (Lipinski definition) is 2. The van der Waals surface area contributed by atoms with E-state index in [1.807, 2.05) is 30.3 Å². The maximum atomic E-state index is 12.5. The monoisotopic (exact) mass is 349 g/mol. The van der Waals surface area contributed by atoms with Gasteiger partial charge in [0.05, 0.1) is 12.5 Å². The number of carbonyl (C=O) groups excluding carboxylic acids is 3. The highest BCUT2D eigenvalue weighted by atomic mass is 16.2. The topological polar surface area (TPSA) is 92.5 Å². The summed E-state index contributed by atoms with van der Waals surface area (Å²) in [5, 5.41) is 2.79. The number of primary amides is 1. The minimum Gasteiger partial charge on any atom is -0.366 e. The molecule has 0 bridgehead atoms. The van der Waals surface area contributed by atoms with E-state index in [1.165, 1.54) is 6.92 Å². The zero-order valence-electron chi connectivity index (χ0n) is 14.3. The Balaban J connectivity index is 1.77. The van der Waals surface area contributed by atoms with Crippen LogP contribution in [0.15, 0.2) is 54.7 Å². The molecule has 0 aromatic heterocycles. The van der Waals surface area contributed by atoms with Gasteiger partial charge in [0.15, 0.2) is 0 Å². The normalized spacial score (nSPS) is 15.3. The van der Waals surface area contributed by atoms with Gasteiger partial charge in [0.1, 0.15) is 0 Å². The second-order valence-electron chi connectivity index (χ2n) is 6.08. The Hall–Kier alpha value is -3.41. The van der Waals surface area contributed by atoms with E-state index in [4.69, 9.17) is 5.73 Å². The van der Waals surface area contributed by atoms with Gasteiger partial charge in [0.2, 0.25) is 17.7 Å². The molecule has 0 saturated carbocycles. The third kappa shape index (κ3) is 3.64. The van der Waals surface area contributed by atoms with Gasteiger partial charge in [0, 0.05) is 24.4 Å². The summed E-state index contributed by atoms with van der Waals surface area (Å²) >= 11 is 0. The van der Waals surface area contributed by atoms with E-state index < -0.39 is 5.91 Å². The molecule has 0 aliphatic carbocycles. The summed E-state index contributed by atoms with van der Waals surface area (Å²) in [5.74, 6) is -0.872. The molecule has 1 heterocycles. The smallest absolute Gasteiger partial charge is 0.248 e. The minimum absolute atomic E-state index is 0.124. The number of anilines is 1. The van der Waals surface area contributed by atoms with Crippen molar-refractivity contribution in [2.45, 2.75) is 19.4 Å². The SMILES string of the molecule is CC(=O)N1C=Cc2ccccc2C1CC(=O)Nc1ccc(C(N)=O)cc1. The molecule has 26 heavy (non-hydrogen) atoms. The third-order valence-corrected chi connectivity index (χ3v) is 4.30. The fourth-order valence-electron chi connectivity index (χ4n) is 3.02. The summed E-state index contributed by atoms with van der Waals surface area (Å²) in [5.41, 5.74) is 8.07. The highest BCUT2D eigenvalue weighted by Gasteiger charge is 2.28. The zero-order chi connectivity index (χ0) is 18.7. The Labute approximate surface area is 151 Å². The maximum Gasteiger partial charge on any atom is 0.248 e. The first-order valence-corrected chi connectivity index (χ1v) is 8.21. The van der Waals surface area contributed by atoms with Gasteiger partial charge in [0.25, 0.3) is 0 Å². The molecule has 1 aliphatic rings. The Morgan fingerprint density at radius 3 is 2.42 bits per heavy atom. The van der Waals surface area contributed by atoms with Gasteiger partial charge >= 0.3 is 0 Å². The van der Waals surface area contributed by atoms with Crippen molar-refractivity contribution in [1.82, 2.24) is 4.90 Å². The highest BCUT2D eigenvalue weighted by molar-refractivity contribution is 5.95. The maximum absolute atomic E-state index is 12.5. The molecule has 1 unspecified atom stereocenters. The lowest BCUT2D eigenvalue weighted by Crippen LogP contribution is -2.33. The summed E-state index contributed by atoms with van der Waals surface area (Å²) in [6.07, 6.45) is 3.70. The van der Waals surface area contributed by atoms with E-state index >= 15 is 0 Å². The van der Waals surface area contributed by atoms with E-state index in [0.29, 0.717) is 11.3 Å². The van der Waals surface area contributed by atoms with Crippen molar-refractivity contribution in [3.63, 3.8) is 0 Å². The van der Waals surface area contributed by atoms with Crippen LogP contribution in [-0.4, -0.2) is 22.6 Å². The molecule has 2 aromatic carbocycles. The van der Waals surface area contributed by atoms with Gasteiger partial charge in [-0.15, -0.1) is 0 Å². The first kappa shape index (κ1) is 17.4. The largest absolute Gasteiger partial charge is 0.366 e. The molecule has 2 aromatic rings. The number of benzene rings is 2. The van der Waals surface area contributed by atoms with Crippen molar-refractivity contribution in [3.8, 4) is 0 Å². The lowest BCUT2D eigenvalue weighted by molar-refractivity contribution is -0.129. The summed E-state index contributed by atoms with van der Waals surface area (Å²) in [6, 6.07) is 13.7. The van der Waals surface area contributed by atoms with Crippen LogP contribution < -0.4 is 11.1 Å². The molecule has 0 saturated heterocycles. The molecule has 1 atom stereocenters. The fourth-order valence-corrected chi connectivity index (χ4v) is 3.02. The molecule has 0 fully saturated rings. The van der Waals surface area contributed by atoms with Gasteiger partial charge in [-0.3, -0.25) is 14.4 Å². The molecule has 1 aliphatic heterocycles. The molecule has 3 amide bonds. The number of hydrogen-bond acceptors (Lipinski definition) is 3. The van der Waals surface area contributed by atoms with Crippen LogP contribution in [0.2, 0.25) is 0 Å². The molecular formula is C20H19N3O3. The quantitative estimate of drug-likeness (QED) is 0.889.